The Morgan fingerprint density at radius 3 is 2.08 bits per heavy atom. The average molecular weight is 363 g/mol. The Morgan fingerprint density at radius 2 is 1.56 bits per heavy atom. The summed E-state index contributed by atoms with van der Waals surface area (Å²) in [4.78, 5) is 10.4. The number of nitrogens with one attached hydrogen (secondary N) is 1. The van der Waals surface area contributed by atoms with Gasteiger partial charge in [0.1, 0.15) is 18.3 Å². The van der Waals surface area contributed by atoms with E-state index in [9.17, 15) is 20.1 Å². The lowest BCUT2D eigenvalue weighted by Gasteiger charge is -2.22. The van der Waals surface area contributed by atoms with E-state index in [1.54, 1.807) is 0 Å². The normalized spacial score (nSPS) is 29.2. The van der Waals surface area contributed by atoms with Crippen molar-refractivity contribution in [3.63, 3.8) is 0 Å². The first-order valence-corrected chi connectivity index (χ1v) is 9.20. The Hall–Kier alpha value is -0.770. The number of aliphatic carboxylic acids is 1. The lowest BCUT2D eigenvalue weighted by Crippen LogP contribution is -2.46. The summed E-state index contributed by atoms with van der Waals surface area (Å²) in [6, 6.07) is 0. The maximum atomic E-state index is 10.4. The number of carbonyl (C=O) groups is 1. The van der Waals surface area contributed by atoms with Gasteiger partial charge >= 0.3 is 5.97 Å². The highest BCUT2D eigenvalue weighted by Crippen LogP contribution is 2.28. The molecule has 0 unspecified atom stereocenters. The predicted octanol–water partition coefficient (Wildman–Crippen LogP) is -0.0270. The molecule has 0 radical (unpaired) electrons. The van der Waals surface area contributed by atoms with Crippen LogP contribution in [0.25, 0.3) is 0 Å². The molecule has 4 atom stereocenters. The van der Waals surface area contributed by atoms with Gasteiger partial charge in [-0.1, -0.05) is 38.5 Å². The van der Waals surface area contributed by atoms with Gasteiger partial charge in [-0.25, -0.2) is 0 Å². The zero-order chi connectivity index (χ0) is 18.7. The maximum absolute atomic E-state index is 10.4. The Kier molecular flexibility index (Phi) is 10.5. The van der Waals surface area contributed by atoms with Gasteiger partial charge in [0.15, 0.2) is 0 Å². The van der Waals surface area contributed by atoms with E-state index in [4.69, 9.17) is 14.9 Å². The third kappa shape index (κ3) is 7.98. The van der Waals surface area contributed by atoms with E-state index in [1.807, 2.05) is 0 Å². The number of aliphatic hydroxyl groups is 4. The van der Waals surface area contributed by atoms with Crippen molar-refractivity contribution in [2.75, 3.05) is 19.7 Å². The van der Waals surface area contributed by atoms with E-state index in [-0.39, 0.29) is 6.42 Å². The largest absolute Gasteiger partial charge is 0.481 e. The zero-order valence-corrected chi connectivity index (χ0v) is 14.8. The summed E-state index contributed by atoms with van der Waals surface area (Å²) in [5.74, 6) is -2.81. The second kappa shape index (κ2) is 11.8. The molecule has 1 rings (SSSR count). The van der Waals surface area contributed by atoms with Crippen LogP contribution in [0.1, 0.15) is 57.8 Å². The van der Waals surface area contributed by atoms with Gasteiger partial charge in [0.25, 0.3) is 0 Å². The number of carboxylic acids is 1. The van der Waals surface area contributed by atoms with E-state index >= 15 is 0 Å². The van der Waals surface area contributed by atoms with Gasteiger partial charge in [-0.15, -0.1) is 0 Å². The van der Waals surface area contributed by atoms with Crippen LogP contribution in [0.2, 0.25) is 0 Å². The molecule has 0 spiro atoms. The quantitative estimate of drug-likeness (QED) is 0.237. The Labute approximate surface area is 148 Å². The van der Waals surface area contributed by atoms with Crippen LogP contribution in [-0.4, -0.2) is 75.3 Å². The van der Waals surface area contributed by atoms with Gasteiger partial charge in [-0.3, -0.25) is 4.79 Å². The summed E-state index contributed by atoms with van der Waals surface area (Å²) in [5, 5.41) is 49.9. The molecule has 1 saturated heterocycles. The van der Waals surface area contributed by atoms with Crippen LogP contribution in [-0.2, 0) is 9.53 Å². The molecule has 0 amide bonds. The van der Waals surface area contributed by atoms with Crippen LogP contribution in [0.3, 0.4) is 0 Å². The van der Waals surface area contributed by atoms with Gasteiger partial charge in [-0.05, 0) is 19.4 Å². The third-order valence-corrected chi connectivity index (χ3v) is 4.59. The minimum atomic E-state index is -2.09. The SMILES string of the molecule is O=C(O)CCCCCCCCCCNC[C@H]1O[C@@](O)(CO)[C@H](O)[C@H]1O. The standard InChI is InChI=1S/C17H33NO7/c19-12-17(24)16(23)15(22)13(25-17)11-18-10-8-6-4-2-1-3-5-7-9-14(20)21/h13,15-16,18-19,22-24H,1-12H2,(H,20,21)/t13-,15+,16-,17+/m1/s1. The fourth-order valence-electron chi connectivity index (χ4n) is 3.00. The smallest absolute Gasteiger partial charge is 0.303 e. The summed E-state index contributed by atoms with van der Waals surface area (Å²) >= 11 is 0. The first-order valence-electron chi connectivity index (χ1n) is 9.20. The summed E-state index contributed by atoms with van der Waals surface area (Å²) in [6.45, 7) is 0.279. The second-order valence-corrected chi connectivity index (χ2v) is 6.77. The van der Waals surface area contributed by atoms with Crippen molar-refractivity contribution in [2.24, 2.45) is 0 Å². The molecule has 148 valence electrons. The van der Waals surface area contributed by atoms with Crippen LogP contribution in [0.4, 0.5) is 0 Å². The highest BCUT2D eigenvalue weighted by molar-refractivity contribution is 5.66. The molecule has 1 aliphatic rings. The lowest BCUT2D eigenvalue weighted by molar-refractivity contribution is -0.245. The minimum Gasteiger partial charge on any atom is -0.481 e. The summed E-state index contributed by atoms with van der Waals surface area (Å²) in [7, 11) is 0. The fourth-order valence-corrected chi connectivity index (χ4v) is 3.00. The third-order valence-electron chi connectivity index (χ3n) is 4.59. The van der Waals surface area contributed by atoms with E-state index in [1.165, 1.54) is 0 Å². The predicted molar refractivity (Wildman–Crippen MR) is 91.0 cm³/mol. The molecule has 1 aliphatic heterocycles. The Balaban J connectivity index is 1.93. The molecule has 0 aromatic carbocycles. The summed E-state index contributed by atoms with van der Waals surface area (Å²) in [6.07, 6.45) is 5.05. The number of carboxylic acid groups (broad SMARTS) is 1. The molecule has 8 nitrogen and oxygen atoms in total. The molecular weight excluding hydrogens is 330 g/mol. The van der Waals surface area contributed by atoms with Crippen LogP contribution in [0.5, 0.6) is 0 Å². The maximum Gasteiger partial charge on any atom is 0.303 e. The minimum absolute atomic E-state index is 0.262. The van der Waals surface area contributed by atoms with Crippen molar-refractivity contribution in [3.05, 3.63) is 0 Å². The van der Waals surface area contributed by atoms with Crippen molar-refractivity contribution in [1.29, 1.82) is 0 Å². The first kappa shape index (κ1) is 22.3. The molecule has 0 aromatic rings. The van der Waals surface area contributed by atoms with Crippen LogP contribution in [0, 0.1) is 0 Å². The number of ether oxygens (including phenoxy) is 1. The van der Waals surface area contributed by atoms with Crippen molar-refractivity contribution >= 4 is 5.97 Å². The topological polar surface area (TPSA) is 139 Å². The molecule has 25 heavy (non-hydrogen) atoms. The van der Waals surface area contributed by atoms with Crippen molar-refractivity contribution < 1.29 is 35.1 Å². The van der Waals surface area contributed by atoms with Crippen LogP contribution in [0.15, 0.2) is 0 Å². The summed E-state index contributed by atoms with van der Waals surface area (Å²) < 4.78 is 5.14. The van der Waals surface area contributed by atoms with Gasteiger partial charge < -0.3 is 35.6 Å². The number of aliphatic hydroxyl groups excluding tert-OH is 3. The van der Waals surface area contributed by atoms with E-state index in [2.05, 4.69) is 5.32 Å². The molecule has 1 heterocycles. The molecule has 8 heteroatoms. The second-order valence-electron chi connectivity index (χ2n) is 6.77. The first-order chi connectivity index (χ1) is 11.9. The molecule has 1 fully saturated rings. The molecule has 0 saturated carbocycles. The Bertz CT molecular complexity index is 382. The fraction of sp³-hybridized carbons (Fsp3) is 0.941. The van der Waals surface area contributed by atoms with Crippen molar-refractivity contribution in [1.82, 2.24) is 5.32 Å². The van der Waals surface area contributed by atoms with E-state index in [0.717, 1.165) is 57.9 Å². The summed E-state index contributed by atoms with van der Waals surface area (Å²) in [5.41, 5.74) is 0. The van der Waals surface area contributed by atoms with E-state index < -0.39 is 36.7 Å². The zero-order valence-electron chi connectivity index (χ0n) is 14.8. The monoisotopic (exact) mass is 363 g/mol. The van der Waals surface area contributed by atoms with Gasteiger partial charge in [0.05, 0.1) is 6.61 Å². The highest BCUT2D eigenvalue weighted by atomic mass is 16.7. The number of rotatable bonds is 14. The van der Waals surface area contributed by atoms with Gasteiger partial charge in [0, 0.05) is 13.0 Å². The highest BCUT2D eigenvalue weighted by Gasteiger charge is 2.52. The number of hydrogen-bond acceptors (Lipinski definition) is 7. The average Bonchev–Trinajstić information content (AvgIpc) is 2.80. The van der Waals surface area contributed by atoms with Crippen LogP contribution < -0.4 is 5.32 Å². The van der Waals surface area contributed by atoms with Crippen molar-refractivity contribution in [2.45, 2.75) is 81.9 Å². The van der Waals surface area contributed by atoms with E-state index in [0.29, 0.717) is 6.54 Å². The Morgan fingerprint density at radius 1 is 1.00 bits per heavy atom. The molecule has 6 N–H and O–H groups in total. The van der Waals surface area contributed by atoms with Crippen LogP contribution >= 0.6 is 0 Å². The molecule has 0 aromatic heterocycles. The number of unbranched alkanes of at least 4 members (excludes halogenated alkanes) is 7. The van der Waals surface area contributed by atoms with Gasteiger partial charge in [-0.2, -0.15) is 0 Å². The molecule has 0 aliphatic carbocycles. The van der Waals surface area contributed by atoms with Crippen molar-refractivity contribution in [3.8, 4) is 0 Å². The number of hydrogen-bond donors (Lipinski definition) is 6. The molecular formula is C17H33NO7. The lowest BCUT2D eigenvalue weighted by atomic mass is 10.1. The molecule has 0 bridgehead atoms. The van der Waals surface area contributed by atoms with Gasteiger partial charge in [0.2, 0.25) is 5.79 Å².